The van der Waals surface area contributed by atoms with Crippen LogP contribution in [0.4, 0.5) is 17.1 Å². The van der Waals surface area contributed by atoms with Gasteiger partial charge in [0.05, 0.1) is 81.3 Å². The van der Waals surface area contributed by atoms with E-state index in [-0.39, 0.29) is 54.2 Å². The summed E-state index contributed by atoms with van der Waals surface area (Å²) in [6.07, 6.45) is 4.58. The molecule has 0 bridgehead atoms. The Morgan fingerprint density at radius 3 is 2.10 bits per heavy atom. The van der Waals surface area contributed by atoms with Crippen LogP contribution in [0.2, 0.25) is 0 Å². The maximum atomic E-state index is 14.4. The Labute approximate surface area is 480 Å². The fourth-order valence-electron chi connectivity index (χ4n) is 11.1. The maximum absolute atomic E-state index is 14.4. The molecule has 0 spiro atoms. The third kappa shape index (κ3) is 14.6. The van der Waals surface area contributed by atoms with Gasteiger partial charge in [0, 0.05) is 88.2 Å². The van der Waals surface area contributed by atoms with E-state index in [4.69, 9.17) is 28.4 Å². The highest BCUT2D eigenvalue weighted by Crippen LogP contribution is 2.41. The first-order valence-electron chi connectivity index (χ1n) is 27.9. The Bertz CT molecular complexity index is 3010. The highest BCUT2D eigenvalue weighted by Gasteiger charge is 2.37. The minimum atomic E-state index is -0.219. The number of carbonyl (C=O) groups excluding carboxylic acids is 3. The highest BCUT2D eigenvalue weighted by atomic mass is 33.1. The number of benzene rings is 5. The summed E-state index contributed by atoms with van der Waals surface area (Å²) in [7, 11) is 8.94. The number of hydrogen-bond acceptors (Lipinski definition) is 15. The molecule has 17 heteroatoms. The van der Waals surface area contributed by atoms with E-state index < -0.39 is 0 Å². The Morgan fingerprint density at radius 2 is 1.41 bits per heavy atom. The van der Waals surface area contributed by atoms with Gasteiger partial charge < -0.3 is 53.3 Å². The molecule has 9 rings (SSSR count). The molecule has 2 atom stereocenters. The van der Waals surface area contributed by atoms with Gasteiger partial charge in [0.1, 0.15) is 19.0 Å². The second-order valence-corrected chi connectivity index (χ2v) is 24.8. The Hall–Kier alpha value is -6.24. The zero-order valence-corrected chi connectivity index (χ0v) is 49.2. The standard InChI is InChI=1S/C63H78N6O9S2/c1-8-64-36-53(70)18-13-25-79-80-63(3,4)42-67(19-20-75-23-24-76-22-21-73-6)50-28-44(40-77-58-34-57-55(26-43(58)2)62(72)69-38-49-17-12-10-15-47(49)31-52(69)39-66(57)5)27-45(29-50)41-78-60-33-56-54(32-59(60)74-7)61(71)68-37-48-16-11-9-14-46(48)30-51(68)35-65-56/h8-12,14-17,26-29,32-34,51-52,65H,13,18-25,30-31,35-42H2,1-7H3/t51-,52-/m0/s1. The molecule has 80 heavy (non-hydrogen) atoms. The van der Waals surface area contributed by atoms with Gasteiger partial charge in [0.25, 0.3) is 11.8 Å². The molecule has 426 valence electrons. The Balaban J connectivity index is 0.982. The quantitative estimate of drug-likeness (QED) is 0.0303. The number of nitrogens with zero attached hydrogens (tertiary/aromatic N) is 5. The number of carbonyl (C=O) groups is 3. The lowest BCUT2D eigenvalue weighted by Crippen LogP contribution is -2.47. The van der Waals surface area contributed by atoms with Crippen LogP contribution in [0.5, 0.6) is 17.2 Å². The molecule has 0 radical (unpaired) electrons. The molecular weight excluding hydrogens is 1050 g/mol. The first-order valence-corrected chi connectivity index (χ1v) is 30.2. The fraction of sp³-hybridized carbons (Fsp3) is 0.460. The van der Waals surface area contributed by atoms with E-state index in [1.165, 1.54) is 22.3 Å². The highest BCUT2D eigenvalue weighted by molar-refractivity contribution is 8.77. The monoisotopic (exact) mass is 1130 g/mol. The lowest BCUT2D eigenvalue weighted by atomic mass is 9.93. The molecule has 4 aliphatic rings. The van der Waals surface area contributed by atoms with E-state index in [1.54, 1.807) is 37.3 Å². The number of hydrogen-bond donors (Lipinski definition) is 1. The topological polar surface area (TPSA) is 144 Å². The number of aryl methyl sites for hydroxylation is 1. The molecular formula is C63H78N6O9S2. The Morgan fingerprint density at radius 1 is 0.775 bits per heavy atom. The van der Waals surface area contributed by atoms with Crippen LogP contribution in [0.25, 0.3) is 0 Å². The molecule has 0 saturated heterocycles. The molecule has 4 aliphatic heterocycles. The average molecular weight is 1130 g/mol. The van der Waals surface area contributed by atoms with Crippen molar-refractivity contribution in [2.45, 2.75) is 96.5 Å². The van der Waals surface area contributed by atoms with Crippen molar-refractivity contribution in [3.63, 3.8) is 0 Å². The molecule has 0 unspecified atom stereocenters. The van der Waals surface area contributed by atoms with Gasteiger partial charge in [-0.05, 0) is 122 Å². The summed E-state index contributed by atoms with van der Waals surface area (Å²) in [6, 6.07) is 31.1. The molecule has 5 aromatic carbocycles. The van der Waals surface area contributed by atoms with Crippen molar-refractivity contribution in [3.8, 4) is 17.2 Å². The predicted molar refractivity (Wildman–Crippen MR) is 322 cm³/mol. The number of rotatable bonds is 27. The van der Waals surface area contributed by atoms with Crippen molar-refractivity contribution in [1.29, 1.82) is 0 Å². The predicted octanol–water partition coefficient (Wildman–Crippen LogP) is 10.3. The molecule has 1 N–H and O–H groups in total. The van der Waals surface area contributed by atoms with Crippen LogP contribution in [0, 0.1) is 6.92 Å². The number of Topliss-reactive ketones (excluding diaryl/α,β-unsaturated/α-hetero) is 1. The van der Waals surface area contributed by atoms with Gasteiger partial charge in [0.2, 0.25) is 0 Å². The smallest absolute Gasteiger partial charge is 0.256 e. The van der Waals surface area contributed by atoms with E-state index in [0.717, 1.165) is 53.1 Å². The van der Waals surface area contributed by atoms with Gasteiger partial charge in [-0.15, -0.1) is 0 Å². The molecule has 15 nitrogen and oxygen atoms in total. The molecule has 4 heterocycles. The summed E-state index contributed by atoms with van der Waals surface area (Å²) in [4.78, 5) is 53.7. The second kappa shape index (κ2) is 27.5. The van der Waals surface area contributed by atoms with Crippen LogP contribution in [-0.4, -0.2) is 143 Å². The third-order valence-electron chi connectivity index (χ3n) is 15.2. The molecule has 0 aliphatic carbocycles. The van der Waals surface area contributed by atoms with Crippen LogP contribution in [0.15, 0.2) is 96.0 Å². The molecule has 0 saturated carbocycles. The summed E-state index contributed by atoms with van der Waals surface area (Å²) in [6.45, 7) is 15.2. The van der Waals surface area contributed by atoms with Crippen LogP contribution in [0.3, 0.4) is 0 Å². The van der Waals surface area contributed by atoms with Crippen LogP contribution in [-0.2, 0) is 58.2 Å². The zero-order chi connectivity index (χ0) is 56.2. The van der Waals surface area contributed by atoms with Crippen molar-refractivity contribution >= 4 is 62.5 Å². The van der Waals surface area contributed by atoms with Gasteiger partial charge in [-0.1, -0.05) is 70.1 Å². The number of methoxy groups -OCH3 is 2. The first-order chi connectivity index (χ1) is 38.8. The van der Waals surface area contributed by atoms with Crippen LogP contribution < -0.4 is 29.3 Å². The number of amides is 2. The van der Waals surface area contributed by atoms with E-state index in [2.05, 4.69) is 102 Å². The normalized spacial score (nSPS) is 16.6. The third-order valence-corrected chi connectivity index (χ3v) is 18.6. The second-order valence-electron chi connectivity index (χ2n) is 21.7. The number of likely N-dealkylation sites (N-methyl/N-ethyl adjacent to an activating group) is 1. The Kier molecular flexibility index (Phi) is 20.1. The van der Waals surface area contributed by atoms with Crippen molar-refractivity contribution in [2.24, 2.45) is 4.99 Å². The summed E-state index contributed by atoms with van der Waals surface area (Å²) < 4.78 is 36.4. The minimum Gasteiger partial charge on any atom is -0.493 e. The average Bonchev–Trinajstić information content (AvgIpc) is 3.78. The minimum absolute atomic E-state index is 0.00785. The fourth-order valence-corrected chi connectivity index (χ4v) is 13.7. The van der Waals surface area contributed by atoms with E-state index in [9.17, 15) is 14.4 Å². The largest absolute Gasteiger partial charge is 0.493 e. The molecule has 0 aromatic heterocycles. The lowest BCUT2D eigenvalue weighted by Gasteiger charge is -2.36. The number of ketones is 1. The maximum Gasteiger partial charge on any atom is 0.256 e. The number of fused-ring (bicyclic) bond motifs is 6. The van der Waals surface area contributed by atoms with Gasteiger partial charge in [0.15, 0.2) is 17.3 Å². The number of ether oxygens (including phenoxy) is 6. The number of anilines is 3. The molecule has 2 amide bonds. The van der Waals surface area contributed by atoms with Crippen molar-refractivity contribution < 1.29 is 42.8 Å². The van der Waals surface area contributed by atoms with E-state index in [1.807, 2.05) is 58.7 Å². The summed E-state index contributed by atoms with van der Waals surface area (Å²) in [5.74, 6) is 2.70. The lowest BCUT2D eigenvalue weighted by molar-refractivity contribution is -0.117. The SMILES string of the molecule is CC=NCC(=O)CCCSSC(C)(C)CN(CCOCCOCCOC)c1cc(COc2cc3c(cc2C)C(=O)N2Cc4ccccc4C[C@H]2CN3C)cc(COc2cc3c(cc2OC)C(=O)N2Cc4ccccc4C[C@H]2CN3)c1. The van der Waals surface area contributed by atoms with E-state index >= 15 is 0 Å². The number of aliphatic imine (C=N–C) groups is 1. The summed E-state index contributed by atoms with van der Waals surface area (Å²) >= 11 is 0. The zero-order valence-electron chi connectivity index (χ0n) is 47.6. The van der Waals surface area contributed by atoms with Gasteiger partial charge in [-0.3, -0.25) is 19.4 Å². The van der Waals surface area contributed by atoms with Gasteiger partial charge in [-0.25, -0.2) is 0 Å². The van der Waals surface area contributed by atoms with Crippen molar-refractivity contribution in [3.05, 3.63) is 141 Å². The first kappa shape index (κ1) is 58.4. The van der Waals surface area contributed by atoms with Gasteiger partial charge in [-0.2, -0.15) is 0 Å². The number of nitrogens with one attached hydrogen (secondary N) is 1. The summed E-state index contributed by atoms with van der Waals surface area (Å²) in [5, 5.41) is 3.59. The molecule has 0 fully saturated rings. The van der Waals surface area contributed by atoms with Gasteiger partial charge >= 0.3 is 0 Å². The van der Waals surface area contributed by atoms with Crippen molar-refractivity contribution in [1.82, 2.24) is 9.80 Å². The van der Waals surface area contributed by atoms with Crippen molar-refractivity contribution in [2.75, 3.05) is 108 Å². The summed E-state index contributed by atoms with van der Waals surface area (Å²) in [5.41, 5.74) is 11.5. The molecule has 5 aromatic rings. The van der Waals surface area contributed by atoms with E-state index in [0.29, 0.717) is 113 Å². The van der Waals surface area contributed by atoms with Crippen LogP contribution in [0.1, 0.15) is 93.3 Å². The van der Waals surface area contributed by atoms with Crippen LogP contribution >= 0.6 is 21.6 Å².